The van der Waals surface area contributed by atoms with Crippen LogP contribution in [0.15, 0.2) is 69.9 Å². The van der Waals surface area contributed by atoms with Crippen molar-refractivity contribution in [3.63, 3.8) is 0 Å². The average Bonchev–Trinajstić information content (AvgIpc) is 3.12. The predicted molar refractivity (Wildman–Crippen MR) is 139 cm³/mol. The molecule has 0 saturated carbocycles. The Bertz CT molecular complexity index is 1360. The van der Waals surface area contributed by atoms with E-state index in [9.17, 15) is 14.9 Å². The average molecular weight is 490 g/mol. The summed E-state index contributed by atoms with van der Waals surface area (Å²) in [4.78, 5) is 34.8. The maximum Gasteiger partial charge on any atom is 0.262 e. The van der Waals surface area contributed by atoms with Crippen LogP contribution in [-0.4, -0.2) is 48.4 Å². The molecule has 1 aromatic heterocycles. The molecular formula is C26H27N5O3S. The van der Waals surface area contributed by atoms with Crippen LogP contribution in [0.2, 0.25) is 0 Å². The van der Waals surface area contributed by atoms with E-state index in [2.05, 4.69) is 11.1 Å². The summed E-state index contributed by atoms with van der Waals surface area (Å²) < 4.78 is 7.02. The smallest absolute Gasteiger partial charge is 0.262 e. The van der Waals surface area contributed by atoms with Crippen molar-refractivity contribution in [2.45, 2.75) is 25.0 Å². The molecule has 0 radical (unpaired) electrons. The van der Waals surface area contributed by atoms with E-state index in [-0.39, 0.29) is 22.7 Å². The SMILES string of the molecule is CCOCCCn1c(SCC(=O)C(C#N)=C2N(C)c3ccccc3N2C)nc2ccccc2c1=O. The number of aromatic nitrogens is 2. The van der Waals surface area contributed by atoms with E-state index in [1.165, 1.54) is 11.8 Å². The van der Waals surface area contributed by atoms with Gasteiger partial charge in [-0.2, -0.15) is 5.26 Å². The molecule has 0 spiro atoms. The highest BCUT2D eigenvalue weighted by Crippen LogP contribution is 2.40. The number of hydrogen-bond acceptors (Lipinski definition) is 8. The van der Waals surface area contributed by atoms with Crippen molar-refractivity contribution in [1.29, 1.82) is 5.26 Å². The van der Waals surface area contributed by atoms with Crippen LogP contribution in [0.25, 0.3) is 10.9 Å². The first-order valence-electron chi connectivity index (χ1n) is 11.4. The van der Waals surface area contributed by atoms with Crippen LogP contribution in [0, 0.1) is 11.3 Å². The summed E-state index contributed by atoms with van der Waals surface area (Å²) in [6.45, 7) is 3.50. The Kier molecular flexibility index (Phi) is 7.54. The summed E-state index contributed by atoms with van der Waals surface area (Å²) in [6, 6.07) is 17.0. The van der Waals surface area contributed by atoms with Gasteiger partial charge in [0, 0.05) is 33.9 Å². The first-order chi connectivity index (χ1) is 17.0. The summed E-state index contributed by atoms with van der Waals surface area (Å²) in [5, 5.41) is 10.9. The highest BCUT2D eigenvalue weighted by Gasteiger charge is 2.31. The van der Waals surface area contributed by atoms with E-state index < -0.39 is 0 Å². The summed E-state index contributed by atoms with van der Waals surface area (Å²) >= 11 is 1.18. The van der Waals surface area contributed by atoms with Crippen molar-refractivity contribution in [1.82, 2.24) is 9.55 Å². The normalized spacial score (nSPS) is 12.7. The molecule has 9 heteroatoms. The Balaban J connectivity index is 1.62. The van der Waals surface area contributed by atoms with Crippen LogP contribution in [0.1, 0.15) is 13.3 Å². The number of carbonyl (C=O) groups excluding carboxylic acids is 1. The lowest BCUT2D eigenvalue weighted by Crippen LogP contribution is -2.27. The molecule has 0 atom stereocenters. The maximum absolute atomic E-state index is 13.2. The number of ketones is 1. The van der Waals surface area contributed by atoms with Crippen LogP contribution in [-0.2, 0) is 16.1 Å². The molecule has 8 nitrogen and oxygen atoms in total. The minimum absolute atomic E-state index is 0.0132. The zero-order chi connectivity index (χ0) is 24.9. The van der Waals surface area contributed by atoms with Gasteiger partial charge in [-0.05, 0) is 37.6 Å². The number of hydrogen-bond donors (Lipinski definition) is 0. The monoisotopic (exact) mass is 489 g/mol. The van der Waals surface area contributed by atoms with Crippen LogP contribution in [0.4, 0.5) is 11.4 Å². The molecule has 0 fully saturated rings. The molecule has 35 heavy (non-hydrogen) atoms. The van der Waals surface area contributed by atoms with Crippen molar-refractivity contribution in [3.05, 3.63) is 70.3 Å². The van der Waals surface area contributed by atoms with Gasteiger partial charge in [0.25, 0.3) is 5.56 Å². The minimum atomic E-state index is -0.317. The lowest BCUT2D eigenvalue weighted by Gasteiger charge is -2.20. The maximum atomic E-state index is 13.2. The first kappa shape index (κ1) is 24.5. The van der Waals surface area contributed by atoms with Gasteiger partial charge in [-0.3, -0.25) is 14.2 Å². The van der Waals surface area contributed by atoms with E-state index >= 15 is 0 Å². The molecule has 180 valence electrons. The highest BCUT2D eigenvalue weighted by molar-refractivity contribution is 7.99. The Morgan fingerprint density at radius 2 is 1.74 bits per heavy atom. The summed E-state index contributed by atoms with van der Waals surface area (Å²) in [7, 11) is 3.69. The molecule has 0 aliphatic carbocycles. The number of ether oxygens (including phenoxy) is 1. The number of Topliss-reactive ketones (excluding diaryl/α,β-unsaturated/α-hetero) is 1. The molecule has 0 unspecified atom stereocenters. The predicted octanol–water partition coefficient (Wildman–Crippen LogP) is 3.81. The van der Waals surface area contributed by atoms with Gasteiger partial charge in [-0.15, -0.1) is 0 Å². The van der Waals surface area contributed by atoms with E-state index in [0.29, 0.717) is 48.1 Å². The lowest BCUT2D eigenvalue weighted by molar-refractivity contribution is -0.112. The van der Waals surface area contributed by atoms with Crippen LogP contribution >= 0.6 is 11.8 Å². The molecule has 0 saturated heterocycles. The van der Waals surface area contributed by atoms with Gasteiger partial charge in [0.2, 0.25) is 0 Å². The van der Waals surface area contributed by atoms with Crippen LogP contribution < -0.4 is 15.4 Å². The minimum Gasteiger partial charge on any atom is -0.382 e. The molecule has 4 rings (SSSR count). The molecule has 1 aliphatic rings. The zero-order valence-electron chi connectivity index (χ0n) is 20.0. The number of carbonyl (C=O) groups is 1. The van der Waals surface area contributed by atoms with Crippen molar-refractivity contribution in [3.8, 4) is 6.07 Å². The van der Waals surface area contributed by atoms with E-state index in [4.69, 9.17) is 4.74 Å². The Morgan fingerprint density at radius 3 is 2.40 bits per heavy atom. The fraction of sp³-hybridized carbons (Fsp3) is 0.308. The largest absolute Gasteiger partial charge is 0.382 e. The molecule has 0 bridgehead atoms. The van der Waals surface area contributed by atoms with Crippen molar-refractivity contribution >= 4 is 39.8 Å². The fourth-order valence-electron chi connectivity index (χ4n) is 4.18. The Labute approximate surface area is 208 Å². The van der Waals surface area contributed by atoms with E-state index in [1.54, 1.807) is 16.7 Å². The summed E-state index contributed by atoms with van der Waals surface area (Å²) in [5.74, 6) is 0.211. The van der Waals surface area contributed by atoms with Gasteiger partial charge in [-0.1, -0.05) is 36.0 Å². The summed E-state index contributed by atoms with van der Waals surface area (Å²) in [5.41, 5.74) is 2.37. The quantitative estimate of drug-likeness (QED) is 0.147. The number of anilines is 2. The van der Waals surface area contributed by atoms with Crippen molar-refractivity contribution < 1.29 is 9.53 Å². The molecular weight excluding hydrogens is 462 g/mol. The lowest BCUT2D eigenvalue weighted by atomic mass is 10.2. The summed E-state index contributed by atoms with van der Waals surface area (Å²) in [6.07, 6.45) is 0.649. The third kappa shape index (κ3) is 4.81. The van der Waals surface area contributed by atoms with Gasteiger partial charge in [0.15, 0.2) is 10.9 Å². The van der Waals surface area contributed by atoms with Crippen molar-refractivity contribution in [2.75, 3.05) is 42.9 Å². The highest BCUT2D eigenvalue weighted by atomic mass is 32.2. The molecule has 3 aromatic rings. The van der Waals surface area contributed by atoms with Gasteiger partial charge >= 0.3 is 0 Å². The standard InChI is InChI=1S/C26H27N5O3S/c1-4-34-15-9-14-31-25(33)18-10-5-6-11-20(18)28-26(31)35-17-23(32)19(16-27)24-29(2)21-12-7-8-13-22(21)30(24)3/h5-8,10-13H,4,9,14-15,17H2,1-3H3. The second-order valence-corrected chi connectivity index (χ2v) is 8.99. The second-order valence-electron chi connectivity index (χ2n) is 8.05. The zero-order valence-corrected chi connectivity index (χ0v) is 20.8. The fourth-order valence-corrected chi connectivity index (χ4v) is 5.08. The number of fused-ring (bicyclic) bond motifs is 2. The topological polar surface area (TPSA) is 91.5 Å². The number of rotatable bonds is 9. The molecule has 0 N–H and O–H groups in total. The van der Waals surface area contributed by atoms with Crippen LogP contribution in [0.3, 0.4) is 0 Å². The molecule has 0 amide bonds. The molecule has 2 aromatic carbocycles. The molecule has 1 aliphatic heterocycles. The number of nitriles is 1. The Hall–Kier alpha value is -3.61. The van der Waals surface area contributed by atoms with Gasteiger partial charge in [-0.25, -0.2) is 4.98 Å². The Morgan fingerprint density at radius 1 is 1.09 bits per heavy atom. The van der Waals surface area contributed by atoms with Crippen LogP contribution in [0.5, 0.6) is 0 Å². The number of benzene rings is 2. The number of para-hydroxylation sites is 3. The number of allylic oxidation sites excluding steroid dienone is 1. The molecule has 2 heterocycles. The van der Waals surface area contributed by atoms with Gasteiger partial charge in [0.1, 0.15) is 17.5 Å². The van der Waals surface area contributed by atoms with Gasteiger partial charge in [0.05, 0.1) is 28.0 Å². The number of nitrogens with zero attached hydrogens (tertiary/aromatic N) is 5. The van der Waals surface area contributed by atoms with E-state index in [0.717, 1.165) is 11.4 Å². The second kappa shape index (κ2) is 10.8. The number of thioether (sulfide) groups is 1. The first-order valence-corrected chi connectivity index (χ1v) is 12.4. The third-order valence-electron chi connectivity index (χ3n) is 5.89. The van der Waals surface area contributed by atoms with E-state index in [1.807, 2.05) is 67.2 Å². The third-order valence-corrected chi connectivity index (χ3v) is 6.86. The van der Waals surface area contributed by atoms with Crippen molar-refractivity contribution in [2.24, 2.45) is 0 Å². The van der Waals surface area contributed by atoms with Gasteiger partial charge < -0.3 is 14.5 Å².